The van der Waals surface area contributed by atoms with Crippen molar-refractivity contribution >= 4 is 23.8 Å². The summed E-state index contributed by atoms with van der Waals surface area (Å²) in [5.41, 5.74) is 0. The molecule has 0 aromatic carbocycles. The van der Waals surface area contributed by atoms with Gasteiger partial charge in [-0.1, -0.05) is 0 Å². The molecule has 3 atom stereocenters. The standard InChI is InChI=1S/C10H11NO7/c12-7(13)3-4(10(16)17)11-8(14)5-1-2-6(18-5)9(11)15/h4-6H,1-3H2,(H,12,13)(H,16,17). The van der Waals surface area contributed by atoms with E-state index in [0.29, 0.717) is 17.7 Å². The molecule has 2 saturated heterocycles. The van der Waals surface area contributed by atoms with E-state index in [1.54, 1.807) is 0 Å². The highest BCUT2D eigenvalue weighted by Gasteiger charge is 2.50. The van der Waals surface area contributed by atoms with Crippen LogP contribution in [-0.2, 0) is 23.9 Å². The maximum Gasteiger partial charge on any atom is 0.327 e. The third kappa shape index (κ3) is 1.94. The van der Waals surface area contributed by atoms with Crippen LogP contribution in [0.4, 0.5) is 0 Å². The zero-order valence-electron chi connectivity index (χ0n) is 9.24. The number of likely N-dealkylation sites (tertiary alicyclic amines) is 1. The van der Waals surface area contributed by atoms with E-state index in [4.69, 9.17) is 14.9 Å². The van der Waals surface area contributed by atoms with Gasteiger partial charge in [-0.15, -0.1) is 0 Å². The van der Waals surface area contributed by atoms with Crippen molar-refractivity contribution in [2.24, 2.45) is 0 Å². The van der Waals surface area contributed by atoms with Gasteiger partial charge < -0.3 is 14.9 Å². The SMILES string of the molecule is O=C(O)CC(C(=O)O)N1C(=O)C2CCC(O2)C1=O. The minimum Gasteiger partial charge on any atom is -0.481 e. The van der Waals surface area contributed by atoms with Crippen molar-refractivity contribution in [1.82, 2.24) is 4.90 Å². The smallest absolute Gasteiger partial charge is 0.327 e. The van der Waals surface area contributed by atoms with Crippen LogP contribution in [0.1, 0.15) is 19.3 Å². The molecule has 2 heterocycles. The van der Waals surface area contributed by atoms with E-state index in [2.05, 4.69) is 0 Å². The number of ether oxygens (including phenoxy) is 1. The van der Waals surface area contributed by atoms with Gasteiger partial charge in [0.1, 0.15) is 18.2 Å². The van der Waals surface area contributed by atoms with Crippen LogP contribution in [0.5, 0.6) is 0 Å². The number of carboxylic acid groups (broad SMARTS) is 2. The highest BCUT2D eigenvalue weighted by molar-refractivity contribution is 6.05. The van der Waals surface area contributed by atoms with Crippen molar-refractivity contribution in [3.8, 4) is 0 Å². The van der Waals surface area contributed by atoms with Crippen LogP contribution < -0.4 is 0 Å². The maximum absolute atomic E-state index is 11.8. The molecule has 0 saturated carbocycles. The van der Waals surface area contributed by atoms with Crippen molar-refractivity contribution in [2.45, 2.75) is 37.5 Å². The van der Waals surface area contributed by atoms with Gasteiger partial charge in [0.15, 0.2) is 0 Å². The van der Waals surface area contributed by atoms with Gasteiger partial charge in [0.05, 0.1) is 6.42 Å². The Kier molecular flexibility index (Phi) is 3.04. The van der Waals surface area contributed by atoms with Crippen LogP contribution in [0.25, 0.3) is 0 Å². The molecule has 2 aliphatic rings. The molecule has 2 amide bonds. The Bertz CT molecular complexity index is 410. The van der Waals surface area contributed by atoms with Gasteiger partial charge in [0.25, 0.3) is 11.8 Å². The summed E-state index contributed by atoms with van der Waals surface area (Å²) in [7, 11) is 0. The normalized spacial score (nSPS) is 28.3. The van der Waals surface area contributed by atoms with Crippen LogP contribution in [0.3, 0.4) is 0 Å². The molecule has 0 aromatic rings. The molecule has 2 N–H and O–H groups in total. The lowest BCUT2D eigenvalue weighted by Crippen LogP contribution is -2.58. The minimum atomic E-state index is -1.67. The number of imide groups is 1. The van der Waals surface area contributed by atoms with E-state index >= 15 is 0 Å². The average molecular weight is 257 g/mol. The first-order valence-corrected chi connectivity index (χ1v) is 5.38. The van der Waals surface area contributed by atoms with Gasteiger partial charge in [-0.3, -0.25) is 19.3 Å². The molecular weight excluding hydrogens is 246 g/mol. The number of hydrogen-bond acceptors (Lipinski definition) is 5. The van der Waals surface area contributed by atoms with Crippen molar-refractivity contribution in [2.75, 3.05) is 0 Å². The van der Waals surface area contributed by atoms with Crippen LogP contribution in [0.2, 0.25) is 0 Å². The lowest BCUT2D eigenvalue weighted by atomic mass is 10.1. The number of fused-ring (bicyclic) bond motifs is 2. The summed E-state index contributed by atoms with van der Waals surface area (Å²) in [6, 6.07) is -1.67. The predicted molar refractivity (Wildman–Crippen MR) is 53.4 cm³/mol. The fourth-order valence-corrected chi connectivity index (χ4v) is 2.18. The number of aliphatic carboxylic acids is 2. The fraction of sp³-hybridized carbons (Fsp3) is 0.600. The number of morpholine rings is 1. The van der Waals surface area contributed by atoms with Crippen LogP contribution in [0, 0.1) is 0 Å². The third-order valence-corrected chi connectivity index (χ3v) is 3.01. The Balaban J connectivity index is 2.28. The van der Waals surface area contributed by atoms with Crippen molar-refractivity contribution in [1.29, 1.82) is 0 Å². The second-order valence-electron chi connectivity index (χ2n) is 4.19. The second-order valence-corrected chi connectivity index (χ2v) is 4.19. The van der Waals surface area contributed by atoms with Crippen LogP contribution in [-0.4, -0.2) is 57.1 Å². The fourth-order valence-electron chi connectivity index (χ4n) is 2.18. The van der Waals surface area contributed by atoms with Crippen LogP contribution in [0.15, 0.2) is 0 Å². The highest BCUT2D eigenvalue weighted by atomic mass is 16.5. The molecule has 8 heteroatoms. The van der Waals surface area contributed by atoms with E-state index in [0.717, 1.165) is 0 Å². The molecule has 0 aliphatic carbocycles. The van der Waals surface area contributed by atoms with Gasteiger partial charge in [0.2, 0.25) is 0 Å². The lowest BCUT2D eigenvalue weighted by Gasteiger charge is -2.33. The number of carbonyl (C=O) groups excluding carboxylic acids is 2. The maximum atomic E-state index is 11.8. The van der Waals surface area contributed by atoms with Gasteiger partial charge in [0, 0.05) is 0 Å². The van der Waals surface area contributed by atoms with Gasteiger partial charge in [-0.25, -0.2) is 4.79 Å². The van der Waals surface area contributed by atoms with Gasteiger partial charge >= 0.3 is 11.9 Å². The molecule has 8 nitrogen and oxygen atoms in total. The molecule has 0 aromatic heterocycles. The molecule has 2 aliphatic heterocycles. The molecule has 2 rings (SSSR count). The molecule has 2 fully saturated rings. The molecule has 0 radical (unpaired) electrons. The highest BCUT2D eigenvalue weighted by Crippen LogP contribution is 2.30. The number of nitrogens with zero attached hydrogens (tertiary/aromatic N) is 1. The summed E-state index contributed by atoms with van der Waals surface area (Å²) < 4.78 is 5.11. The van der Waals surface area contributed by atoms with Crippen molar-refractivity contribution in [3.05, 3.63) is 0 Å². The molecular formula is C10H11NO7. The van der Waals surface area contributed by atoms with E-state index in [1.807, 2.05) is 0 Å². The van der Waals surface area contributed by atoms with E-state index in [-0.39, 0.29) is 0 Å². The Hall–Kier alpha value is -1.96. The van der Waals surface area contributed by atoms with Crippen molar-refractivity contribution in [3.63, 3.8) is 0 Å². The Morgan fingerprint density at radius 1 is 1.22 bits per heavy atom. The third-order valence-electron chi connectivity index (χ3n) is 3.01. The van der Waals surface area contributed by atoms with E-state index in [1.165, 1.54) is 0 Å². The lowest BCUT2D eigenvalue weighted by molar-refractivity contribution is -0.177. The summed E-state index contributed by atoms with van der Waals surface area (Å²) in [6.07, 6.45) is -1.77. The number of amides is 2. The predicted octanol–water partition coefficient (Wildman–Crippen LogP) is -1.17. The summed E-state index contributed by atoms with van der Waals surface area (Å²) >= 11 is 0. The molecule has 0 spiro atoms. The average Bonchev–Trinajstić information content (AvgIpc) is 2.71. The largest absolute Gasteiger partial charge is 0.481 e. The quantitative estimate of drug-likeness (QED) is 0.608. The number of rotatable bonds is 4. The van der Waals surface area contributed by atoms with Crippen LogP contribution >= 0.6 is 0 Å². The van der Waals surface area contributed by atoms with Gasteiger partial charge in [-0.05, 0) is 12.8 Å². The zero-order chi connectivity index (χ0) is 13.4. The summed E-state index contributed by atoms with van der Waals surface area (Å²) in [5, 5.41) is 17.6. The number of carbonyl (C=O) groups is 4. The summed E-state index contributed by atoms with van der Waals surface area (Å²) in [6.45, 7) is 0. The molecule has 18 heavy (non-hydrogen) atoms. The molecule has 3 unspecified atom stereocenters. The molecule has 2 bridgehead atoms. The van der Waals surface area contributed by atoms with Crippen molar-refractivity contribution < 1.29 is 34.1 Å². The summed E-state index contributed by atoms with van der Waals surface area (Å²) in [5.74, 6) is -4.42. The first-order valence-electron chi connectivity index (χ1n) is 5.38. The number of hydrogen-bond donors (Lipinski definition) is 2. The first kappa shape index (κ1) is 12.5. The minimum absolute atomic E-state index is 0.352. The Morgan fingerprint density at radius 3 is 2.11 bits per heavy atom. The monoisotopic (exact) mass is 257 g/mol. The van der Waals surface area contributed by atoms with E-state index < -0.39 is 48.4 Å². The summed E-state index contributed by atoms with van der Waals surface area (Å²) in [4.78, 5) is 45.8. The number of carboxylic acids is 2. The first-order chi connectivity index (χ1) is 8.41. The van der Waals surface area contributed by atoms with E-state index in [9.17, 15) is 19.2 Å². The topological polar surface area (TPSA) is 121 Å². The second kappa shape index (κ2) is 4.37. The van der Waals surface area contributed by atoms with Gasteiger partial charge in [-0.2, -0.15) is 0 Å². The molecule has 98 valence electrons. The zero-order valence-corrected chi connectivity index (χ0v) is 9.24. The Morgan fingerprint density at radius 2 is 1.72 bits per heavy atom. The Labute approximate surface area is 101 Å².